The summed E-state index contributed by atoms with van der Waals surface area (Å²) in [5.74, 6) is 0.0260. The first-order valence-electron chi connectivity index (χ1n) is 9.84. The number of likely N-dealkylation sites (N-methyl/N-ethyl adjacent to an activating group) is 1. The molecule has 1 aromatic heterocycles. The van der Waals surface area contributed by atoms with Crippen molar-refractivity contribution in [3.05, 3.63) is 59.3 Å². The summed E-state index contributed by atoms with van der Waals surface area (Å²) in [5, 5.41) is 5.81. The highest BCUT2D eigenvalue weighted by Crippen LogP contribution is 2.09. The lowest BCUT2D eigenvalue weighted by atomic mass is 10.0. The van der Waals surface area contributed by atoms with Crippen LogP contribution < -0.4 is 16.4 Å². The molecule has 2 aromatic rings. The van der Waals surface area contributed by atoms with Gasteiger partial charge >= 0.3 is 0 Å². The highest BCUT2D eigenvalue weighted by molar-refractivity contribution is 5.89. The molecule has 0 fully saturated rings. The van der Waals surface area contributed by atoms with Crippen LogP contribution in [0.1, 0.15) is 30.5 Å². The molecule has 2 rings (SSSR count). The van der Waals surface area contributed by atoms with E-state index in [9.17, 15) is 9.59 Å². The number of nitrogens with one attached hydrogen (secondary N) is 2. The lowest BCUT2D eigenvalue weighted by Crippen LogP contribution is -2.53. The Morgan fingerprint density at radius 2 is 1.93 bits per heavy atom. The van der Waals surface area contributed by atoms with Crippen molar-refractivity contribution in [3.8, 4) is 0 Å². The van der Waals surface area contributed by atoms with E-state index in [1.54, 1.807) is 12.3 Å². The van der Waals surface area contributed by atoms with Gasteiger partial charge in [-0.3, -0.25) is 14.5 Å². The number of nitrogen functional groups attached to an aromatic ring is 1. The van der Waals surface area contributed by atoms with Crippen LogP contribution in [0.25, 0.3) is 0 Å². The third kappa shape index (κ3) is 6.87. The summed E-state index contributed by atoms with van der Waals surface area (Å²) < 4.78 is 0. The van der Waals surface area contributed by atoms with Crippen LogP contribution in [0.2, 0.25) is 0 Å². The van der Waals surface area contributed by atoms with Gasteiger partial charge in [0, 0.05) is 19.2 Å². The Morgan fingerprint density at radius 3 is 2.55 bits per heavy atom. The zero-order valence-electron chi connectivity index (χ0n) is 17.6. The summed E-state index contributed by atoms with van der Waals surface area (Å²) in [5.41, 5.74) is 8.55. The van der Waals surface area contributed by atoms with E-state index in [1.807, 2.05) is 63.1 Å². The Kier molecular flexibility index (Phi) is 8.15. The smallest absolute Gasteiger partial charge is 0.243 e. The molecule has 0 aliphatic rings. The van der Waals surface area contributed by atoms with Gasteiger partial charge in [0.1, 0.15) is 11.9 Å². The summed E-state index contributed by atoms with van der Waals surface area (Å²) >= 11 is 0. The molecule has 0 aliphatic carbocycles. The number of hydrogen-bond acceptors (Lipinski definition) is 5. The fourth-order valence-corrected chi connectivity index (χ4v) is 2.90. The van der Waals surface area contributed by atoms with Crippen LogP contribution in [0.15, 0.2) is 42.6 Å². The van der Waals surface area contributed by atoms with Crippen molar-refractivity contribution >= 4 is 17.6 Å². The zero-order valence-corrected chi connectivity index (χ0v) is 17.6. The number of aromatic nitrogens is 1. The predicted octanol–water partition coefficient (Wildman–Crippen LogP) is 1.66. The molecule has 2 atom stereocenters. The average molecular weight is 398 g/mol. The number of carbonyl (C=O) groups excluding carboxylic acids is 2. The van der Waals surface area contributed by atoms with Gasteiger partial charge in [-0.1, -0.05) is 42.8 Å². The van der Waals surface area contributed by atoms with Crippen molar-refractivity contribution in [1.29, 1.82) is 0 Å². The number of hydrogen-bond donors (Lipinski definition) is 3. The average Bonchev–Trinajstić information content (AvgIpc) is 2.71. The monoisotopic (exact) mass is 397 g/mol. The second-order valence-electron chi connectivity index (χ2n) is 7.31. The van der Waals surface area contributed by atoms with E-state index >= 15 is 0 Å². The largest absolute Gasteiger partial charge is 0.384 e. The normalized spacial score (nSPS) is 13.0. The molecule has 4 N–H and O–H groups in total. The highest BCUT2D eigenvalue weighted by atomic mass is 16.2. The van der Waals surface area contributed by atoms with E-state index in [-0.39, 0.29) is 17.9 Å². The Morgan fingerprint density at radius 1 is 1.17 bits per heavy atom. The lowest BCUT2D eigenvalue weighted by Gasteiger charge is -2.25. The van der Waals surface area contributed by atoms with Crippen molar-refractivity contribution in [2.45, 2.75) is 45.8 Å². The van der Waals surface area contributed by atoms with Crippen LogP contribution in [0.4, 0.5) is 5.82 Å². The van der Waals surface area contributed by atoms with Gasteiger partial charge in [0.05, 0.1) is 6.04 Å². The molecule has 7 nitrogen and oxygen atoms in total. The number of nitrogens with zero attached hydrogens (tertiary/aromatic N) is 2. The Labute approximate surface area is 172 Å². The molecule has 0 aliphatic heterocycles. The fraction of sp³-hybridized carbons (Fsp3) is 0.409. The van der Waals surface area contributed by atoms with E-state index in [0.717, 1.165) is 23.2 Å². The number of carbonyl (C=O) groups is 2. The molecule has 29 heavy (non-hydrogen) atoms. The standard InChI is InChI=1S/C22H31N5O2/c1-5-27(4)16(3)21(28)26-19(12-17-8-6-7-15(2)11-17)22(29)25-14-18-9-10-20(23)24-13-18/h6-11,13,16,19H,5,12,14H2,1-4H3,(H2,23,24)(H,25,29)(H,26,28)/t16-,19-/m0/s1. The van der Waals surface area contributed by atoms with Crippen LogP contribution >= 0.6 is 0 Å². The number of anilines is 1. The zero-order chi connectivity index (χ0) is 21.4. The molecule has 7 heteroatoms. The number of pyridine rings is 1. The number of benzene rings is 1. The van der Waals surface area contributed by atoms with E-state index in [1.165, 1.54) is 0 Å². The van der Waals surface area contributed by atoms with Gasteiger partial charge in [-0.15, -0.1) is 0 Å². The lowest BCUT2D eigenvalue weighted by molar-refractivity contribution is -0.131. The first kappa shape index (κ1) is 22.4. The predicted molar refractivity (Wildman–Crippen MR) is 115 cm³/mol. The van der Waals surface area contributed by atoms with Gasteiger partial charge in [-0.2, -0.15) is 0 Å². The van der Waals surface area contributed by atoms with Crippen molar-refractivity contribution in [1.82, 2.24) is 20.5 Å². The summed E-state index contributed by atoms with van der Waals surface area (Å²) in [6, 6.07) is 10.5. The third-order valence-corrected chi connectivity index (χ3v) is 5.01. The topological polar surface area (TPSA) is 100 Å². The first-order chi connectivity index (χ1) is 13.8. The van der Waals surface area contributed by atoms with Crippen molar-refractivity contribution in [2.75, 3.05) is 19.3 Å². The molecule has 0 spiro atoms. The Balaban J connectivity index is 2.10. The minimum Gasteiger partial charge on any atom is -0.384 e. The van der Waals surface area contributed by atoms with Gasteiger partial charge in [0.15, 0.2) is 0 Å². The molecule has 2 amide bonds. The van der Waals surface area contributed by atoms with Crippen molar-refractivity contribution in [3.63, 3.8) is 0 Å². The minimum absolute atomic E-state index is 0.170. The molecule has 0 radical (unpaired) electrons. The minimum atomic E-state index is -0.668. The summed E-state index contributed by atoms with van der Waals surface area (Å²) in [6.45, 7) is 6.88. The number of amides is 2. The molecule has 0 saturated carbocycles. The maximum atomic E-state index is 12.9. The van der Waals surface area contributed by atoms with Crippen LogP contribution in [-0.4, -0.2) is 47.4 Å². The third-order valence-electron chi connectivity index (χ3n) is 5.01. The molecular weight excluding hydrogens is 366 g/mol. The molecule has 0 unspecified atom stereocenters. The van der Waals surface area contributed by atoms with Gasteiger partial charge in [-0.05, 0) is 44.6 Å². The molecule has 1 aromatic carbocycles. The number of aryl methyl sites for hydroxylation is 1. The second kappa shape index (κ2) is 10.6. The van der Waals surface area contributed by atoms with Crippen molar-refractivity contribution in [2.24, 2.45) is 0 Å². The van der Waals surface area contributed by atoms with E-state index in [4.69, 9.17) is 5.73 Å². The van der Waals surface area contributed by atoms with Crippen molar-refractivity contribution < 1.29 is 9.59 Å². The van der Waals surface area contributed by atoms with Gasteiger partial charge in [0.2, 0.25) is 11.8 Å². The van der Waals surface area contributed by atoms with E-state index in [0.29, 0.717) is 18.8 Å². The second-order valence-corrected chi connectivity index (χ2v) is 7.31. The van der Waals surface area contributed by atoms with Gasteiger partial charge in [-0.25, -0.2) is 4.98 Å². The van der Waals surface area contributed by atoms with E-state index in [2.05, 4.69) is 15.6 Å². The number of nitrogens with two attached hydrogens (primary N) is 1. The van der Waals surface area contributed by atoms with Crippen LogP contribution in [-0.2, 0) is 22.6 Å². The van der Waals surface area contributed by atoms with Gasteiger partial charge < -0.3 is 16.4 Å². The van der Waals surface area contributed by atoms with Gasteiger partial charge in [0.25, 0.3) is 0 Å². The van der Waals surface area contributed by atoms with Crippen LogP contribution in [0.3, 0.4) is 0 Å². The molecule has 0 saturated heterocycles. The quantitative estimate of drug-likeness (QED) is 0.597. The maximum Gasteiger partial charge on any atom is 0.243 e. The molecule has 156 valence electrons. The first-order valence-corrected chi connectivity index (χ1v) is 9.84. The number of rotatable bonds is 9. The molecule has 1 heterocycles. The Hall–Kier alpha value is -2.93. The molecular formula is C22H31N5O2. The van der Waals surface area contributed by atoms with Crippen LogP contribution in [0, 0.1) is 6.92 Å². The summed E-state index contributed by atoms with van der Waals surface area (Å²) in [4.78, 5) is 31.5. The highest BCUT2D eigenvalue weighted by Gasteiger charge is 2.25. The summed E-state index contributed by atoms with van der Waals surface area (Å²) in [7, 11) is 1.88. The van der Waals surface area contributed by atoms with E-state index < -0.39 is 6.04 Å². The fourth-order valence-electron chi connectivity index (χ4n) is 2.90. The SMILES string of the molecule is CCN(C)[C@@H](C)C(=O)N[C@@H](Cc1cccc(C)c1)C(=O)NCc1ccc(N)nc1. The van der Waals surface area contributed by atoms with Crippen LogP contribution in [0.5, 0.6) is 0 Å². The Bertz CT molecular complexity index is 822. The maximum absolute atomic E-state index is 12.9. The molecule has 0 bridgehead atoms. The summed E-state index contributed by atoms with van der Waals surface area (Å²) in [6.07, 6.45) is 2.05.